The van der Waals surface area contributed by atoms with E-state index >= 15 is 0 Å². The van der Waals surface area contributed by atoms with Gasteiger partial charge in [-0.3, -0.25) is 4.57 Å². The highest BCUT2D eigenvalue weighted by atomic mass is 16.5. The maximum atomic E-state index is 7.01. The summed E-state index contributed by atoms with van der Waals surface area (Å²) in [5.74, 6) is 2.41. The first-order valence-electron chi connectivity index (χ1n) is 23.1. The minimum atomic E-state index is -0.159. The van der Waals surface area contributed by atoms with Crippen LogP contribution in [0.3, 0.4) is 0 Å². The van der Waals surface area contributed by atoms with Crippen LogP contribution in [0.4, 0.5) is 11.4 Å². The van der Waals surface area contributed by atoms with Gasteiger partial charge in [-0.15, -0.1) is 0 Å². The third-order valence-electron chi connectivity index (χ3n) is 13.3. The first kappa shape index (κ1) is 42.6. The summed E-state index contributed by atoms with van der Waals surface area (Å²) in [6.45, 7) is 18.9. The summed E-state index contributed by atoms with van der Waals surface area (Å²) in [6, 6.07) is 65.3. The van der Waals surface area contributed by atoms with Crippen LogP contribution in [-0.2, 0) is 10.8 Å². The number of allylic oxidation sites excluding steroid dienone is 1. The maximum Gasteiger partial charge on any atom is 0.137 e. The molecule has 0 N–H and O–H groups in total. The molecule has 328 valence electrons. The number of benzene rings is 7. The summed E-state index contributed by atoms with van der Waals surface area (Å²) < 4.78 is 9.31. The Morgan fingerprint density at radius 3 is 1.83 bits per heavy atom. The summed E-state index contributed by atoms with van der Waals surface area (Å²) in [4.78, 5) is 9.82. The van der Waals surface area contributed by atoms with Crippen LogP contribution >= 0.6 is 0 Å². The minimum absolute atomic E-state index is 0.0365. The lowest BCUT2D eigenvalue weighted by Crippen LogP contribution is -2.31. The molecule has 0 aliphatic carbocycles. The number of aromatic nitrogens is 2. The van der Waals surface area contributed by atoms with E-state index in [2.05, 4.69) is 258 Å². The standard InChI is InChI=1S/C61H58N4O/c1-59(2,3)47-31-32-62-58(37-47)65-55-30-27-44(42-19-12-9-13-20-42)35-54(55)53-29-28-51(39-56(53)65)66-52-34-45(43-21-14-10-15-22-43)33-50(38-52)63-40-57(60(4,5)6)64(41-63)49-26-18-25-48(36-49)61(7,8)46-23-16-11-17-24-46/h9-40H,41H2,1-8H3. The molecule has 0 unspecified atom stereocenters. The topological polar surface area (TPSA) is 33.5 Å². The lowest BCUT2D eigenvalue weighted by atomic mass is 9.78. The number of hydrogen-bond acceptors (Lipinski definition) is 4. The zero-order valence-corrected chi connectivity index (χ0v) is 39.4. The second-order valence-electron chi connectivity index (χ2n) is 20.3. The third kappa shape index (κ3) is 8.15. The van der Waals surface area contributed by atoms with Crippen LogP contribution in [0.1, 0.15) is 72.1 Å². The Hall–Kier alpha value is -7.37. The van der Waals surface area contributed by atoms with Crippen molar-refractivity contribution in [1.29, 1.82) is 0 Å². The summed E-state index contributed by atoms with van der Waals surface area (Å²) in [6.07, 6.45) is 4.26. The van der Waals surface area contributed by atoms with Gasteiger partial charge in [-0.25, -0.2) is 4.98 Å². The van der Waals surface area contributed by atoms with Crippen molar-refractivity contribution < 1.29 is 4.74 Å². The Kier molecular flexibility index (Phi) is 10.7. The normalized spacial score (nSPS) is 13.4. The molecule has 66 heavy (non-hydrogen) atoms. The molecular formula is C61H58N4O. The van der Waals surface area contributed by atoms with E-state index in [0.717, 1.165) is 50.6 Å². The van der Waals surface area contributed by atoms with Gasteiger partial charge in [0.1, 0.15) is 17.3 Å². The molecule has 0 saturated carbocycles. The van der Waals surface area contributed by atoms with Crippen LogP contribution < -0.4 is 14.5 Å². The Morgan fingerprint density at radius 2 is 1.14 bits per heavy atom. The summed E-state index contributed by atoms with van der Waals surface area (Å²) in [5, 5.41) is 2.31. The molecule has 0 amide bonds. The van der Waals surface area contributed by atoms with Gasteiger partial charge in [0, 0.05) is 63.2 Å². The van der Waals surface area contributed by atoms with Crippen LogP contribution in [-0.4, -0.2) is 16.2 Å². The van der Waals surface area contributed by atoms with Gasteiger partial charge in [0.05, 0.1) is 17.7 Å². The maximum absolute atomic E-state index is 7.01. The average Bonchev–Trinajstić information content (AvgIpc) is 3.93. The van der Waals surface area contributed by atoms with Crippen LogP contribution in [0.5, 0.6) is 11.5 Å². The van der Waals surface area contributed by atoms with Gasteiger partial charge >= 0.3 is 0 Å². The molecule has 0 atom stereocenters. The van der Waals surface area contributed by atoms with Crippen molar-refractivity contribution in [3.05, 3.63) is 217 Å². The number of ether oxygens (including phenoxy) is 1. The van der Waals surface area contributed by atoms with Crippen molar-refractivity contribution in [3.63, 3.8) is 0 Å². The zero-order valence-electron chi connectivity index (χ0n) is 39.4. The number of fused-ring (bicyclic) bond motifs is 3. The van der Waals surface area contributed by atoms with Crippen LogP contribution in [0.2, 0.25) is 0 Å². The van der Waals surface area contributed by atoms with E-state index in [1.54, 1.807) is 0 Å². The van der Waals surface area contributed by atoms with Gasteiger partial charge < -0.3 is 14.5 Å². The highest BCUT2D eigenvalue weighted by molar-refractivity contribution is 6.10. The lowest BCUT2D eigenvalue weighted by Gasteiger charge is -2.32. The Morgan fingerprint density at radius 1 is 0.455 bits per heavy atom. The van der Waals surface area contributed by atoms with Gasteiger partial charge in [0.15, 0.2) is 0 Å². The first-order chi connectivity index (χ1) is 31.7. The molecule has 0 spiro atoms. The number of anilines is 2. The predicted molar refractivity (Wildman–Crippen MR) is 277 cm³/mol. The van der Waals surface area contributed by atoms with Crippen molar-refractivity contribution in [2.45, 2.75) is 66.2 Å². The molecule has 7 aromatic carbocycles. The van der Waals surface area contributed by atoms with E-state index in [1.165, 1.54) is 44.6 Å². The van der Waals surface area contributed by atoms with E-state index in [0.29, 0.717) is 6.67 Å². The molecule has 1 aliphatic rings. The largest absolute Gasteiger partial charge is 0.457 e. The van der Waals surface area contributed by atoms with E-state index in [4.69, 9.17) is 9.72 Å². The van der Waals surface area contributed by atoms with Crippen molar-refractivity contribution in [3.8, 4) is 39.6 Å². The Balaban J connectivity index is 1.06. The SMILES string of the molecule is CC(C)(C)C1=CN(c2cc(Oc3ccc4c5cc(-c6ccccc6)ccc5n(-c5cc(C(C)(C)C)ccn5)c4c3)cc(-c3ccccc3)c2)CN1c1cccc(C(C)(C)c2ccccc2)c1. The molecule has 5 nitrogen and oxygen atoms in total. The van der Waals surface area contributed by atoms with Crippen molar-refractivity contribution in [2.24, 2.45) is 5.41 Å². The molecule has 5 heteroatoms. The molecule has 0 bridgehead atoms. The monoisotopic (exact) mass is 862 g/mol. The number of hydrogen-bond donors (Lipinski definition) is 0. The fraction of sp³-hybridized carbons (Fsp3) is 0.197. The van der Waals surface area contributed by atoms with Crippen LogP contribution in [0, 0.1) is 5.41 Å². The highest BCUT2D eigenvalue weighted by Crippen LogP contribution is 2.43. The fourth-order valence-electron chi connectivity index (χ4n) is 9.42. The second kappa shape index (κ2) is 16.6. The molecule has 10 rings (SSSR count). The van der Waals surface area contributed by atoms with Crippen molar-refractivity contribution in [2.75, 3.05) is 16.5 Å². The summed E-state index contributed by atoms with van der Waals surface area (Å²) in [7, 11) is 0. The summed E-state index contributed by atoms with van der Waals surface area (Å²) >= 11 is 0. The van der Waals surface area contributed by atoms with Gasteiger partial charge in [-0.1, -0.05) is 165 Å². The first-order valence-corrected chi connectivity index (χ1v) is 23.1. The number of nitrogens with zero attached hydrogens (tertiary/aromatic N) is 4. The van der Waals surface area contributed by atoms with E-state index < -0.39 is 0 Å². The fourth-order valence-corrected chi connectivity index (χ4v) is 9.42. The summed E-state index contributed by atoms with van der Waals surface area (Å²) in [5.41, 5.74) is 13.7. The molecule has 0 saturated heterocycles. The average molecular weight is 863 g/mol. The second-order valence-corrected chi connectivity index (χ2v) is 20.3. The molecule has 0 fully saturated rings. The van der Waals surface area contributed by atoms with Gasteiger partial charge in [-0.2, -0.15) is 0 Å². The van der Waals surface area contributed by atoms with Crippen LogP contribution in [0.25, 0.3) is 49.9 Å². The van der Waals surface area contributed by atoms with E-state index in [1.807, 2.05) is 6.20 Å². The lowest BCUT2D eigenvalue weighted by molar-refractivity contribution is 0.483. The van der Waals surface area contributed by atoms with Crippen LogP contribution in [0.15, 0.2) is 200 Å². The van der Waals surface area contributed by atoms with Gasteiger partial charge in [0.2, 0.25) is 0 Å². The Bertz CT molecular complexity index is 3240. The minimum Gasteiger partial charge on any atom is -0.457 e. The van der Waals surface area contributed by atoms with Crippen molar-refractivity contribution >= 4 is 33.2 Å². The van der Waals surface area contributed by atoms with Gasteiger partial charge in [-0.05, 0) is 105 Å². The number of pyridine rings is 1. The number of rotatable bonds is 9. The Labute approximate surface area is 390 Å². The van der Waals surface area contributed by atoms with Gasteiger partial charge in [0.25, 0.3) is 0 Å². The zero-order chi connectivity index (χ0) is 45.8. The third-order valence-corrected chi connectivity index (χ3v) is 13.3. The molecule has 9 aromatic rings. The quantitative estimate of drug-likeness (QED) is 0.145. The molecule has 2 aromatic heterocycles. The van der Waals surface area contributed by atoms with E-state index in [9.17, 15) is 0 Å². The molecular weight excluding hydrogens is 805 g/mol. The van der Waals surface area contributed by atoms with E-state index in [-0.39, 0.29) is 16.2 Å². The molecule has 0 radical (unpaired) electrons. The molecule has 3 heterocycles. The smallest absolute Gasteiger partial charge is 0.137 e. The van der Waals surface area contributed by atoms with Crippen molar-refractivity contribution in [1.82, 2.24) is 9.55 Å². The molecule has 1 aliphatic heterocycles. The highest BCUT2D eigenvalue weighted by Gasteiger charge is 2.33. The predicted octanol–water partition coefficient (Wildman–Crippen LogP) is 16.1.